The molecule has 1 aliphatic rings. The summed E-state index contributed by atoms with van der Waals surface area (Å²) in [5, 5.41) is 0. The van der Waals surface area contributed by atoms with Gasteiger partial charge in [-0.15, -0.1) is 5.92 Å². The first-order chi connectivity index (χ1) is 9.39. The van der Waals surface area contributed by atoms with Crippen molar-refractivity contribution in [1.29, 1.82) is 0 Å². The van der Waals surface area contributed by atoms with E-state index in [1.54, 1.807) is 0 Å². The van der Waals surface area contributed by atoms with E-state index in [1.165, 1.54) is 0 Å². The number of nitrogens with zero attached hydrogens (tertiary/aromatic N) is 1. The minimum Gasteiger partial charge on any atom is -0.462 e. The standard InChI is InChI=1S/C9H15NO.C5H10O2.C2H6/c1-3-4-7-11-9-5-6-10(2)8-9;1-5(2,3)7-4-6;1-2/h9H,5-8H2,1-2H3;4H,1-3H3;1-2H3. The SMILES string of the molecule is CC.CC#CCOC1CCN(C)C1.CC(C)(C)OC=O. The lowest BCUT2D eigenvalue weighted by Gasteiger charge is -2.14. The summed E-state index contributed by atoms with van der Waals surface area (Å²) in [6.45, 7) is 14.6. The second-order valence-electron chi connectivity index (χ2n) is 5.24. The van der Waals surface area contributed by atoms with Crippen LogP contribution in [0.25, 0.3) is 0 Å². The minimum atomic E-state index is -0.318. The van der Waals surface area contributed by atoms with E-state index in [9.17, 15) is 4.79 Å². The van der Waals surface area contributed by atoms with Crippen LogP contribution < -0.4 is 0 Å². The minimum absolute atomic E-state index is 0.318. The smallest absolute Gasteiger partial charge is 0.293 e. The van der Waals surface area contributed by atoms with Crippen molar-refractivity contribution in [2.75, 3.05) is 26.7 Å². The Morgan fingerprint density at radius 2 is 1.95 bits per heavy atom. The average Bonchev–Trinajstić information content (AvgIpc) is 2.77. The van der Waals surface area contributed by atoms with Crippen molar-refractivity contribution in [3.63, 3.8) is 0 Å². The number of likely N-dealkylation sites (tertiary alicyclic amines) is 1. The summed E-state index contributed by atoms with van der Waals surface area (Å²) in [6.07, 6.45) is 1.57. The van der Waals surface area contributed by atoms with Gasteiger partial charge in [0.1, 0.15) is 12.2 Å². The Morgan fingerprint density at radius 3 is 2.25 bits per heavy atom. The molecular weight excluding hydrogens is 254 g/mol. The zero-order valence-electron chi connectivity index (χ0n) is 14.2. The Hall–Kier alpha value is -1.05. The Kier molecular flexibility index (Phi) is 13.8. The number of carbonyl (C=O) groups is 1. The predicted octanol–water partition coefficient (Wildman–Crippen LogP) is 2.71. The van der Waals surface area contributed by atoms with Crippen LogP contribution in [0.5, 0.6) is 0 Å². The molecule has 0 aliphatic carbocycles. The number of ether oxygens (including phenoxy) is 2. The Bertz CT molecular complexity index is 286. The average molecular weight is 285 g/mol. The highest BCUT2D eigenvalue weighted by molar-refractivity contribution is 5.37. The fourth-order valence-corrected chi connectivity index (χ4v) is 1.41. The molecule has 0 bridgehead atoms. The van der Waals surface area contributed by atoms with Gasteiger partial charge in [-0.1, -0.05) is 19.8 Å². The molecule has 118 valence electrons. The number of carbonyl (C=O) groups excluding carboxylic acids is 1. The molecular formula is C16H31NO3. The van der Waals surface area contributed by atoms with Gasteiger partial charge >= 0.3 is 0 Å². The molecule has 1 aliphatic heterocycles. The second kappa shape index (κ2) is 13.0. The van der Waals surface area contributed by atoms with Gasteiger partial charge in [-0.3, -0.25) is 4.79 Å². The highest BCUT2D eigenvalue weighted by atomic mass is 16.5. The molecule has 0 spiro atoms. The molecule has 0 saturated carbocycles. The third-order valence-corrected chi connectivity index (χ3v) is 2.32. The fourth-order valence-electron chi connectivity index (χ4n) is 1.41. The summed E-state index contributed by atoms with van der Waals surface area (Å²) >= 11 is 0. The summed E-state index contributed by atoms with van der Waals surface area (Å²) in [4.78, 5) is 11.9. The zero-order chi connectivity index (χ0) is 16.0. The third-order valence-electron chi connectivity index (χ3n) is 2.32. The normalized spacial score (nSPS) is 17.6. The fraction of sp³-hybridized carbons (Fsp3) is 0.812. The largest absolute Gasteiger partial charge is 0.462 e. The Balaban J connectivity index is 0. The lowest BCUT2D eigenvalue weighted by Crippen LogP contribution is -2.19. The van der Waals surface area contributed by atoms with E-state index in [-0.39, 0.29) is 5.60 Å². The van der Waals surface area contributed by atoms with Gasteiger partial charge in [-0.25, -0.2) is 0 Å². The zero-order valence-corrected chi connectivity index (χ0v) is 14.2. The highest BCUT2D eigenvalue weighted by Crippen LogP contribution is 2.09. The molecule has 1 fully saturated rings. The third kappa shape index (κ3) is 15.0. The number of rotatable bonds is 3. The van der Waals surface area contributed by atoms with Crippen molar-refractivity contribution in [2.45, 2.75) is 59.7 Å². The lowest BCUT2D eigenvalue weighted by atomic mass is 10.2. The van der Waals surface area contributed by atoms with E-state index >= 15 is 0 Å². The van der Waals surface area contributed by atoms with E-state index in [1.807, 2.05) is 41.5 Å². The summed E-state index contributed by atoms with van der Waals surface area (Å²) in [6, 6.07) is 0. The molecule has 1 unspecified atom stereocenters. The van der Waals surface area contributed by atoms with Gasteiger partial charge in [0.05, 0.1) is 6.10 Å². The van der Waals surface area contributed by atoms with E-state index < -0.39 is 0 Å². The maximum Gasteiger partial charge on any atom is 0.293 e. The van der Waals surface area contributed by atoms with Crippen LogP contribution in [0.3, 0.4) is 0 Å². The van der Waals surface area contributed by atoms with Gasteiger partial charge < -0.3 is 14.4 Å². The van der Waals surface area contributed by atoms with Gasteiger partial charge in [0, 0.05) is 13.1 Å². The molecule has 1 saturated heterocycles. The first-order valence-corrected chi connectivity index (χ1v) is 7.20. The maximum atomic E-state index is 9.60. The lowest BCUT2D eigenvalue weighted by molar-refractivity contribution is -0.138. The first kappa shape index (κ1) is 21.3. The molecule has 4 heteroatoms. The molecule has 0 aromatic heterocycles. The summed E-state index contributed by atoms with van der Waals surface area (Å²) < 4.78 is 10.0. The van der Waals surface area contributed by atoms with E-state index in [2.05, 4.69) is 28.5 Å². The molecule has 0 radical (unpaired) electrons. The van der Waals surface area contributed by atoms with Crippen LogP contribution in [0, 0.1) is 11.8 Å². The molecule has 4 nitrogen and oxygen atoms in total. The van der Waals surface area contributed by atoms with Crippen molar-refractivity contribution >= 4 is 6.47 Å². The van der Waals surface area contributed by atoms with E-state index in [0.29, 0.717) is 19.2 Å². The van der Waals surface area contributed by atoms with Gasteiger partial charge in [0.25, 0.3) is 6.47 Å². The molecule has 20 heavy (non-hydrogen) atoms. The van der Waals surface area contributed by atoms with E-state index in [0.717, 1.165) is 19.5 Å². The number of hydrogen-bond donors (Lipinski definition) is 0. The quantitative estimate of drug-likeness (QED) is 0.590. The summed E-state index contributed by atoms with van der Waals surface area (Å²) in [5.41, 5.74) is -0.318. The van der Waals surface area contributed by atoms with Crippen molar-refractivity contribution in [3.8, 4) is 11.8 Å². The molecule has 0 N–H and O–H groups in total. The summed E-state index contributed by atoms with van der Waals surface area (Å²) in [7, 11) is 2.12. The highest BCUT2D eigenvalue weighted by Gasteiger charge is 2.18. The maximum absolute atomic E-state index is 9.60. The predicted molar refractivity (Wildman–Crippen MR) is 83.6 cm³/mol. The molecule has 1 atom stereocenters. The number of likely N-dealkylation sites (N-methyl/N-ethyl adjacent to an activating group) is 1. The Labute approximate surface area is 124 Å². The van der Waals surface area contributed by atoms with Crippen LogP contribution in [-0.4, -0.2) is 49.8 Å². The van der Waals surface area contributed by atoms with Crippen LogP contribution in [-0.2, 0) is 14.3 Å². The van der Waals surface area contributed by atoms with Crippen molar-refractivity contribution in [2.24, 2.45) is 0 Å². The van der Waals surface area contributed by atoms with Crippen LogP contribution >= 0.6 is 0 Å². The van der Waals surface area contributed by atoms with Crippen LogP contribution in [0.15, 0.2) is 0 Å². The first-order valence-electron chi connectivity index (χ1n) is 7.20. The van der Waals surface area contributed by atoms with E-state index in [4.69, 9.17) is 4.74 Å². The second-order valence-corrected chi connectivity index (χ2v) is 5.24. The van der Waals surface area contributed by atoms with Crippen LogP contribution in [0.4, 0.5) is 0 Å². The van der Waals surface area contributed by atoms with Crippen LogP contribution in [0.2, 0.25) is 0 Å². The summed E-state index contributed by atoms with van der Waals surface area (Å²) in [5.74, 6) is 5.71. The molecule has 0 aromatic carbocycles. The van der Waals surface area contributed by atoms with Crippen LogP contribution in [0.1, 0.15) is 48.0 Å². The molecule has 0 amide bonds. The Morgan fingerprint density at radius 1 is 1.35 bits per heavy atom. The molecule has 0 aromatic rings. The van der Waals surface area contributed by atoms with Gasteiger partial charge in [-0.05, 0) is 41.2 Å². The van der Waals surface area contributed by atoms with Gasteiger partial charge in [-0.2, -0.15) is 0 Å². The van der Waals surface area contributed by atoms with Gasteiger partial charge in [0.2, 0.25) is 0 Å². The van der Waals surface area contributed by atoms with Crippen molar-refractivity contribution < 1.29 is 14.3 Å². The van der Waals surface area contributed by atoms with Crippen molar-refractivity contribution in [1.82, 2.24) is 4.90 Å². The van der Waals surface area contributed by atoms with Crippen molar-refractivity contribution in [3.05, 3.63) is 0 Å². The topological polar surface area (TPSA) is 38.8 Å². The molecule has 1 heterocycles. The number of hydrogen-bond acceptors (Lipinski definition) is 4. The monoisotopic (exact) mass is 285 g/mol. The molecule has 1 rings (SSSR count). The van der Waals surface area contributed by atoms with Gasteiger partial charge in [0.15, 0.2) is 0 Å².